The summed E-state index contributed by atoms with van der Waals surface area (Å²) in [6.07, 6.45) is 0.0202. The Morgan fingerprint density at radius 2 is 2.07 bits per heavy atom. The van der Waals surface area contributed by atoms with E-state index in [4.69, 9.17) is 16.7 Å². The molecule has 0 radical (unpaired) electrons. The molecule has 0 unspecified atom stereocenters. The first-order valence-corrected chi connectivity index (χ1v) is 5.60. The molecule has 0 bridgehead atoms. The van der Waals surface area contributed by atoms with E-state index in [0.717, 1.165) is 16.7 Å². The molecule has 0 atom stereocenters. The number of alkyl halides is 1. The van der Waals surface area contributed by atoms with Gasteiger partial charge >= 0.3 is 5.97 Å². The maximum atomic E-state index is 10.6. The highest BCUT2D eigenvalue weighted by Crippen LogP contribution is 2.22. The number of halogens is 2. The summed E-state index contributed by atoms with van der Waals surface area (Å²) in [5, 5.41) is 9.96. The van der Waals surface area contributed by atoms with Crippen LogP contribution < -0.4 is 0 Å². The van der Waals surface area contributed by atoms with Crippen molar-refractivity contribution in [2.45, 2.75) is 18.7 Å². The Morgan fingerprint density at radius 3 is 2.57 bits per heavy atom. The van der Waals surface area contributed by atoms with Crippen molar-refractivity contribution in [3.63, 3.8) is 0 Å². The summed E-state index contributed by atoms with van der Waals surface area (Å²) in [5.41, 5.74) is 2.81. The lowest BCUT2D eigenvalue weighted by atomic mass is 10.0. The van der Waals surface area contributed by atoms with Crippen LogP contribution in [0.25, 0.3) is 0 Å². The number of benzene rings is 1. The molecule has 1 rings (SSSR count). The minimum Gasteiger partial charge on any atom is -0.481 e. The number of carboxylic acids is 1. The molecule has 0 aliphatic carbocycles. The lowest BCUT2D eigenvalue weighted by Gasteiger charge is -2.08. The normalized spacial score (nSPS) is 10.2. The van der Waals surface area contributed by atoms with Crippen LogP contribution in [-0.2, 0) is 16.5 Å². The van der Waals surface area contributed by atoms with Gasteiger partial charge < -0.3 is 5.11 Å². The summed E-state index contributed by atoms with van der Waals surface area (Å²) < 4.78 is 0. The Morgan fingerprint density at radius 1 is 1.50 bits per heavy atom. The van der Waals surface area contributed by atoms with E-state index >= 15 is 0 Å². The van der Waals surface area contributed by atoms with E-state index in [2.05, 4.69) is 15.9 Å². The van der Waals surface area contributed by atoms with Crippen molar-refractivity contribution >= 4 is 33.5 Å². The highest BCUT2D eigenvalue weighted by atomic mass is 79.9. The molecule has 2 nitrogen and oxygen atoms in total. The zero-order valence-electron chi connectivity index (χ0n) is 7.68. The second-order valence-corrected chi connectivity index (χ2v) is 4.05. The van der Waals surface area contributed by atoms with Crippen LogP contribution in [0, 0.1) is 6.92 Å². The molecule has 0 aliphatic rings. The average molecular weight is 278 g/mol. The van der Waals surface area contributed by atoms with Crippen LogP contribution >= 0.6 is 27.5 Å². The van der Waals surface area contributed by atoms with Gasteiger partial charge in [-0.2, -0.15) is 0 Å². The van der Waals surface area contributed by atoms with Crippen LogP contribution in [-0.4, -0.2) is 11.1 Å². The van der Waals surface area contributed by atoms with Gasteiger partial charge in [-0.25, -0.2) is 0 Å². The third kappa shape index (κ3) is 2.72. The number of carbonyl (C=O) groups is 1. The molecular formula is C10H10BrClO2. The molecule has 0 aliphatic heterocycles. The van der Waals surface area contributed by atoms with Crippen molar-refractivity contribution in [2.75, 3.05) is 0 Å². The van der Waals surface area contributed by atoms with Crippen LogP contribution in [0.5, 0.6) is 0 Å². The molecule has 0 aromatic heterocycles. The van der Waals surface area contributed by atoms with E-state index in [0.29, 0.717) is 10.4 Å². The summed E-state index contributed by atoms with van der Waals surface area (Å²) in [5.74, 6) is -0.837. The first kappa shape index (κ1) is 11.5. The monoisotopic (exact) mass is 276 g/mol. The molecule has 76 valence electrons. The summed E-state index contributed by atoms with van der Waals surface area (Å²) in [7, 11) is 0. The van der Waals surface area contributed by atoms with Crippen molar-refractivity contribution in [3.05, 3.63) is 33.8 Å². The summed E-state index contributed by atoms with van der Waals surface area (Å²) in [6, 6.07) is 3.55. The topological polar surface area (TPSA) is 37.3 Å². The van der Waals surface area contributed by atoms with Gasteiger partial charge in [0.2, 0.25) is 0 Å². The molecule has 0 saturated carbocycles. The van der Waals surface area contributed by atoms with Gasteiger partial charge in [-0.15, -0.1) is 0 Å². The maximum absolute atomic E-state index is 10.6. The minimum absolute atomic E-state index is 0.0202. The van der Waals surface area contributed by atoms with E-state index in [1.807, 2.05) is 13.0 Å². The zero-order valence-corrected chi connectivity index (χ0v) is 10.0. The van der Waals surface area contributed by atoms with Gasteiger partial charge in [0.25, 0.3) is 0 Å². The van der Waals surface area contributed by atoms with Crippen molar-refractivity contribution in [2.24, 2.45) is 0 Å². The molecule has 14 heavy (non-hydrogen) atoms. The lowest BCUT2D eigenvalue weighted by Crippen LogP contribution is -2.03. The third-order valence-electron chi connectivity index (χ3n) is 2.07. The van der Waals surface area contributed by atoms with Gasteiger partial charge in [0.1, 0.15) is 0 Å². The van der Waals surface area contributed by atoms with Gasteiger partial charge in [-0.1, -0.05) is 27.5 Å². The second-order valence-electron chi connectivity index (χ2n) is 3.05. The van der Waals surface area contributed by atoms with Crippen LogP contribution in [0.3, 0.4) is 0 Å². The molecule has 4 heteroatoms. The van der Waals surface area contributed by atoms with Crippen LogP contribution in [0.2, 0.25) is 5.02 Å². The van der Waals surface area contributed by atoms with E-state index in [9.17, 15) is 4.79 Å². The molecule has 1 aromatic rings. The maximum Gasteiger partial charge on any atom is 0.307 e. The Labute approximate surface area is 96.0 Å². The zero-order chi connectivity index (χ0) is 10.7. The van der Waals surface area contributed by atoms with Gasteiger partial charge in [0, 0.05) is 10.4 Å². The fourth-order valence-corrected chi connectivity index (χ4v) is 2.13. The third-order valence-corrected chi connectivity index (χ3v) is 2.90. The number of carboxylic acid groups (broad SMARTS) is 1. The predicted molar refractivity (Wildman–Crippen MR) is 60.2 cm³/mol. The van der Waals surface area contributed by atoms with Gasteiger partial charge in [-0.3, -0.25) is 4.79 Å². The molecule has 0 saturated heterocycles. The fraction of sp³-hybridized carbons (Fsp3) is 0.300. The Kier molecular flexibility index (Phi) is 3.96. The van der Waals surface area contributed by atoms with Crippen molar-refractivity contribution < 1.29 is 9.90 Å². The summed E-state index contributed by atoms with van der Waals surface area (Å²) in [6.45, 7) is 1.91. The van der Waals surface area contributed by atoms with Gasteiger partial charge in [-0.05, 0) is 35.7 Å². The number of rotatable bonds is 3. The van der Waals surface area contributed by atoms with Crippen molar-refractivity contribution in [1.82, 2.24) is 0 Å². The summed E-state index contributed by atoms with van der Waals surface area (Å²) >= 11 is 9.21. The molecule has 0 amide bonds. The van der Waals surface area contributed by atoms with Crippen LogP contribution in [0.1, 0.15) is 16.7 Å². The largest absolute Gasteiger partial charge is 0.481 e. The van der Waals surface area contributed by atoms with E-state index in [-0.39, 0.29) is 6.42 Å². The molecule has 1 aromatic carbocycles. The molecular weight excluding hydrogens is 267 g/mol. The summed E-state index contributed by atoms with van der Waals surface area (Å²) in [4.78, 5) is 10.6. The highest BCUT2D eigenvalue weighted by Gasteiger charge is 2.08. The molecule has 0 heterocycles. The quantitative estimate of drug-likeness (QED) is 0.862. The fourth-order valence-electron chi connectivity index (χ4n) is 1.28. The molecule has 0 fully saturated rings. The van der Waals surface area contributed by atoms with Gasteiger partial charge in [0.15, 0.2) is 0 Å². The number of hydrogen-bond donors (Lipinski definition) is 1. The highest BCUT2D eigenvalue weighted by molar-refractivity contribution is 9.08. The van der Waals surface area contributed by atoms with E-state index < -0.39 is 5.97 Å². The van der Waals surface area contributed by atoms with E-state index in [1.54, 1.807) is 6.07 Å². The Bertz CT molecular complexity index is 363. The van der Waals surface area contributed by atoms with Crippen LogP contribution in [0.15, 0.2) is 12.1 Å². The first-order chi connectivity index (χ1) is 6.54. The first-order valence-electron chi connectivity index (χ1n) is 4.10. The Balaban J connectivity index is 3.15. The Hall–Kier alpha value is -0.540. The van der Waals surface area contributed by atoms with Crippen molar-refractivity contribution in [1.29, 1.82) is 0 Å². The minimum atomic E-state index is -0.837. The van der Waals surface area contributed by atoms with E-state index in [1.165, 1.54) is 0 Å². The number of aliphatic carboxylic acids is 1. The SMILES string of the molecule is Cc1c(CBr)cc(Cl)cc1CC(=O)O. The predicted octanol–water partition coefficient (Wildman–Crippen LogP) is 3.17. The number of hydrogen-bond acceptors (Lipinski definition) is 1. The second kappa shape index (κ2) is 4.80. The standard InChI is InChI=1S/C10H10BrClO2/c1-6-7(4-10(13)14)2-9(12)3-8(6)5-11/h2-3H,4-5H2,1H3,(H,13,14). The van der Waals surface area contributed by atoms with Crippen molar-refractivity contribution in [3.8, 4) is 0 Å². The smallest absolute Gasteiger partial charge is 0.307 e. The average Bonchev–Trinajstić information content (AvgIpc) is 2.09. The van der Waals surface area contributed by atoms with Gasteiger partial charge in [0.05, 0.1) is 6.42 Å². The molecule has 1 N–H and O–H groups in total. The lowest BCUT2D eigenvalue weighted by molar-refractivity contribution is -0.136. The van der Waals surface area contributed by atoms with Crippen LogP contribution in [0.4, 0.5) is 0 Å². The molecule has 0 spiro atoms.